The topological polar surface area (TPSA) is 53.6 Å². The summed E-state index contributed by atoms with van der Waals surface area (Å²) in [5.41, 5.74) is 1.33. The first-order valence-corrected chi connectivity index (χ1v) is 10.2. The average molecular weight is 357 g/mol. The molecule has 0 aliphatic carbocycles. The third-order valence-corrected chi connectivity index (χ3v) is 6.04. The molecule has 1 aromatic carbocycles. The highest BCUT2D eigenvalue weighted by molar-refractivity contribution is 5.76. The van der Waals surface area contributed by atoms with Crippen molar-refractivity contribution >= 4 is 5.91 Å². The monoisotopic (exact) mass is 357 g/mol. The lowest BCUT2D eigenvalue weighted by Crippen LogP contribution is -2.47. The van der Waals surface area contributed by atoms with Crippen molar-refractivity contribution in [2.24, 2.45) is 5.92 Å². The van der Waals surface area contributed by atoms with E-state index in [1.165, 1.54) is 18.4 Å². The molecule has 3 atom stereocenters. The maximum Gasteiger partial charge on any atom is 0.220 e. The van der Waals surface area contributed by atoms with Gasteiger partial charge < -0.3 is 15.4 Å². The van der Waals surface area contributed by atoms with Gasteiger partial charge in [0.15, 0.2) is 0 Å². The van der Waals surface area contributed by atoms with Gasteiger partial charge in [0.05, 0.1) is 12.7 Å². The zero-order valence-electron chi connectivity index (χ0n) is 15.5. The first-order chi connectivity index (χ1) is 12.7. The number of amides is 1. The molecule has 0 radical (unpaired) electrons. The molecule has 0 spiro atoms. The van der Waals surface area contributed by atoms with E-state index in [-0.39, 0.29) is 12.0 Å². The number of nitrogens with one attached hydrogen (secondary N) is 2. The second kappa shape index (κ2) is 8.51. The number of carbonyl (C=O) groups is 1. The van der Waals surface area contributed by atoms with Crippen LogP contribution in [0.25, 0.3) is 0 Å². The van der Waals surface area contributed by atoms with Gasteiger partial charge in [0.2, 0.25) is 5.91 Å². The van der Waals surface area contributed by atoms with Gasteiger partial charge in [-0.1, -0.05) is 30.3 Å². The molecule has 142 valence electrons. The zero-order chi connectivity index (χ0) is 17.8. The number of rotatable bonds is 6. The minimum atomic E-state index is 0.0978. The van der Waals surface area contributed by atoms with Crippen LogP contribution >= 0.6 is 0 Å². The molecule has 1 aromatic rings. The van der Waals surface area contributed by atoms with Gasteiger partial charge in [-0.2, -0.15) is 0 Å². The van der Waals surface area contributed by atoms with Gasteiger partial charge in [0.1, 0.15) is 0 Å². The van der Waals surface area contributed by atoms with E-state index >= 15 is 0 Å². The summed E-state index contributed by atoms with van der Waals surface area (Å²) < 4.78 is 5.86. The van der Waals surface area contributed by atoms with Gasteiger partial charge in [-0.3, -0.25) is 9.69 Å². The summed E-state index contributed by atoms with van der Waals surface area (Å²) in [6, 6.07) is 11.9. The molecular weight excluding hydrogens is 326 g/mol. The Morgan fingerprint density at radius 1 is 1.19 bits per heavy atom. The lowest BCUT2D eigenvalue weighted by molar-refractivity contribution is -0.123. The first-order valence-electron chi connectivity index (χ1n) is 10.2. The molecule has 26 heavy (non-hydrogen) atoms. The SMILES string of the molecule is O=C(CC1CC2CCC(C1)N2)NCC1CN(Cc2ccccc2)CCO1. The van der Waals surface area contributed by atoms with E-state index in [9.17, 15) is 4.79 Å². The van der Waals surface area contributed by atoms with Crippen molar-refractivity contribution in [3.05, 3.63) is 35.9 Å². The summed E-state index contributed by atoms with van der Waals surface area (Å²) in [5, 5.41) is 6.77. The molecule has 4 rings (SSSR count). The maximum atomic E-state index is 12.4. The highest BCUT2D eigenvalue weighted by Crippen LogP contribution is 2.32. The Kier molecular flexibility index (Phi) is 5.88. The van der Waals surface area contributed by atoms with Crippen LogP contribution in [0.5, 0.6) is 0 Å². The van der Waals surface area contributed by atoms with E-state index < -0.39 is 0 Å². The smallest absolute Gasteiger partial charge is 0.220 e. The molecule has 1 amide bonds. The van der Waals surface area contributed by atoms with Gasteiger partial charge in [-0.25, -0.2) is 0 Å². The quantitative estimate of drug-likeness (QED) is 0.817. The number of piperidine rings is 1. The third-order valence-electron chi connectivity index (χ3n) is 6.04. The van der Waals surface area contributed by atoms with Gasteiger partial charge in [0, 0.05) is 44.7 Å². The van der Waals surface area contributed by atoms with Crippen LogP contribution in [0, 0.1) is 5.92 Å². The second-order valence-electron chi connectivity index (χ2n) is 8.20. The minimum Gasteiger partial charge on any atom is -0.374 e. The van der Waals surface area contributed by atoms with Crippen molar-refractivity contribution in [2.45, 2.75) is 56.8 Å². The fourth-order valence-electron chi connectivity index (χ4n) is 4.79. The van der Waals surface area contributed by atoms with Gasteiger partial charge in [-0.05, 0) is 37.2 Å². The van der Waals surface area contributed by atoms with Crippen molar-refractivity contribution in [3.63, 3.8) is 0 Å². The fraction of sp³-hybridized carbons (Fsp3) is 0.667. The van der Waals surface area contributed by atoms with Crippen LogP contribution in [-0.2, 0) is 16.1 Å². The number of carbonyl (C=O) groups excluding carboxylic acids is 1. The van der Waals surface area contributed by atoms with E-state index in [0.717, 1.165) is 39.1 Å². The largest absolute Gasteiger partial charge is 0.374 e. The molecule has 3 fully saturated rings. The van der Waals surface area contributed by atoms with Gasteiger partial charge in [0.25, 0.3) is 0 Å². The van der Waals surface area contributed by atoms with E-state index in [0.29, 0.717) is 31.0 Å². The normalized spacial score (nSPS) is 31.7. The van der Waals surface area contributed by atoms with Crippen LogP contribution in [0.2, 0.25) is 0 Å². The summed E-state index contributed by atoms with van der Waals surface area (Å²) in [6.07, 6.45) is 5.67. The number of hydrogen-bond donors (Lipinski definition) is 2. The predicted octanol–water partition coefficient (Wildman–Crippen LogP) is 1.92. The Morgan fingerprint density at radius 2 is 1.96 bits per heavy atom. The van der Waals surface area contributed by atoms with Crippen LogP contribution in [0.4, 0.5) is 0 Å². The molecule has 5 heteroatoms. The number of fused-ring (bicyclic) bond motifs is 2. The highest BCUT2D eigenvalue weighted by Gasteiger charge is 2.34. The van der Waals surface area contributed by atoms with Crippen LogP contribution in [0.15, 0.2) is 30.3 Å². The molecule has 3 unspecified atom stereocenters. The molecule has 0 aromatic heterocycles. The lowest BCUT2D eigenvalue weighted by Gasteiger charge is -2.33. The molecule has 2 N–H and O–H groups in total. The molecule has 3 aliphatic heterocycles. The molecule has 3 heterocycles. The molecule has 5 nitrogen and oxygen atoms in total. The molecule has 0 saturated carbocycles. The van der Waals surface area contributed by atoms with Gasteiger partial charge in [-0.15, -0.1) is 0 Å². The first kappa shape index (κ1) is 18.0. The van der Waals surface area contributed by atoms with E-state index in [2.05, 4.69) is 45.9 Å². The molecule has 3 aliphatic rings. The standard InChI is InChI=1S/C21H31N3O2/c25-21(12-17-10-18-6-7-19(11-17)23-18)22-13-20-15-24(8-9-26-20)14-16-4-2-1-3-5-16/h1-5,17-20,23H,6-15H2,(H,22,25). The average Bonchev–Trinajstić information content (AvgIpc) is 2.99. The van der Waals surface area contributed by atoms with Crippen LogP contribution in [0.3, 0.4) is 0 Å². The number of hydrogen-bond acceptors (Lipinski definition) is 4. The van der Waals surface area contributed by atoms with Crippen LogP contribution in [-0.4, -0.2) is 55.2 Å². The van der Waals surface area contributed by atoms with E-state index in [1.54, 1.807) is 0 Å². The van der Waals surface area contributed by atoms with Crippen molar-refractivity contribution in [3.8, 4) is 0 Å². The summed E-state index contributed by atoms with van der Waals surface area (Å²) in [5.74, 6) is 0.746. The van der Waals surface area contributed by atoms with Crippen LogP contribution in [0.1, 0.15) is 37.7 Å². The Hall–Kier alpha value is -1.43. The minimum absolute atomic E-state index is 0.0978. The Balaban J connectivity index is 1.18. The highest BCUT2D eigenvalue weighted by atomic mass is 16.5. The summed E-state index contributed by atoms with van der Waals surface area (Å²) in [4.78, 5) is 14.8. The Labute approximate surface area is 156 Å². The third kappa shape index (κ3) is 4.84. The van der Waals surface area contributed by atoms with Crippen molar-refractivity contribution < 1.29 is 9.53 Å². The summed E-state index contributed by atoms with van der Waals surface area (Å²) in [7, 11) is 0. The number of nitrogens with zero attached hydrogens (tertiary/aromatic N) is 1. The summed E-state index contributed by atoms with van der Waals surface area (Å²) in [6.45, 7) is 4.16. The fourth-order valence-corrected chi connectivity index (χ4v) is 4.79. The predicted molar refractivity (Wildman–Crippen MR) is 102 cm³/mol. The molecular formula is C21H31N3O2. The Morgan fingerprint density at radius 3 is 2.73 bits per heavy atom. The summed E-state index contributed by atoms with van der Waals surface area (Å²) >= 11 is 0. The van der Waals surface area contributed by atoms with Gasteiger partial charge >= 0.3 is 0 Å². The van der Waals surface area contributed by atoms with Crippen molar-refractivity contribution in [2.75, 3.05) is 26.2 Å². The lowest BCUT2D eigenvalue weighted by atomic mass is 9.89. The number of ether oxygens (including phenoxy) is 1. The molecule has 2 bridgehead atoms. The Bertz CT molecular complexity index is 582. The van der Waals surface area contributed by atoms with E-state index in [1.807, 2.05) is 0 Å². The zero-order valence-corrected chi connectivity index (χ0v) is 15.5. The van der Waals surface area contributed by atoms with Crippen LogP contribution < -0.4 is 10.6 Å². The van der Waals surface area contributed by atoms with Crippen molar-refractivity contribution in [1.29, 1.82) is 0 Å². The molecule has 3 saturated heterocycles. The second-order valence-corrected chi connectivity index (χ2v) is 8.20. The maximum absolute atomic E-state index is 12.4. The number of benzene rings is 1. The van der Waals surface area contributed by atoms with E-state index in [4.69, 9.17) is 4.74 Å². The number of morpholine rings is 1. The van der Waals surface area contributed by atoms with Crippen molar-refractivity contribution in [1.82, 2.24) is 15.5 Å².